The quantitative estimate of drug-likeness (QED) is 0.842. The van der Waals surface area contributed by atoms with E-state index in [4.69, 9.17) is 5.73 Å². The number of anilines is 2. The molecule has 1 aliphatic carbocycles. The molecule has 1 aliphatic rings. The highest BCUT2D eigenvalue weighted by Gasteiger charge is 2.41. The van der Waals surface area contributed by atoms with Crippen LogP contribution in [0.5, 0.6) is 0 Å². The van der Waals surface area contributed by atoms with Gasteiger partial charge in [0.05, 0.1) is 11.2 Å². The van der Waals surface area contributed by atoms with E-state index in [-0.39, 0.29) is 10.6 Å². The van der Waals surface area contributed by atoms with Gasteiger partial charge in [-0.2, -0.15) is 11.8 Å². The Balaban J connectivity index is 1.98. The van der Waals surface area contributed by atoms with E-state index in [9.17, 15) is 4.39 Å². The molecule has 1 saturated carbocycles. The molecule has 1 aromatic carbocycles. The van der Waals surface area contributed by atoms with Crippen LogP contribution < -0.4 is 11.1 Å². The van der Waals surface area contributed by atoms with Crippen molar-refractivity contribution in [3.8, 4) is 0 Å². The smallest absolute Gasteiger partial charge is 0.150 e. The topological polar surface area (TPSA) is 50.9 Å². The second kappa shape index (κ2) is 4.56. The number of fused-ring (bicyclic) bond motifs is 1. The monoisotopic (exact) mass is 277 g/mol. The summed E-state index contributed by atoms with van der Waals surface area (Å²) in [7, 11) is 0. The maximum atomic E-state index is 14.1. The van der Waals surface area contributed by atoms with E-state index in [1.165, 1.54) is 18.9 Å². The average Bonchev–Trinajstić information content (AvgIpc) is 3.19. The first kappa shape index (κ1) is 12.5. The van der Waals surface area contributed by atoms with Gasteiger partial charge < -0.3 is 11.1 Å². The van der Waals surface area contributed by atoms with Crippen LogP contribution in [0.15, 0.2) is 24.4 Å². The molecule has 3 nitrogen and oxygen atoms in total. The van der Waals surface area contributed by atoms with Crippen molar-refractivity contribution in [3.05, 3.63) is 30.2 Å². The lowest BCUT2D eigenvalue weighted by molar-refractivity contribution is 0.632. The molecular formula is C14H16FN3S. The Morgan fingerprint density at radius 1 is 1.53 bits per heavy atom. The minimum absolute atomic E-state index is 0.273. The normalized spacial score (nSPS) is 16.5. The fourth-order valence-corrected chi connectivity index (χ4v) is 2.97. The van der Waals surface area contributed by atoms with Crippen LogP contribution in [0.4, 0.5) is 15.8 Å². The Morgan fingerprint density at radius 3 is 3.00 bits per heavy atom. The summed E-state index contributed by atoms with van der Waals surface area (Å²) in [5, 5.41) is 4.01. The van der Waals surface area contributed by atoms with E-state index in [2.05, 4.69) is 16.6 Å². The maximum Gasteiger partial charge on any atom is 0.150 e. The molecule has 19 heavy (non-hydrogen) atoms. The Morgan fingerprint density at radius 2 is 2.32 bits per heavy atom. The predicted octanol–water partition coefficient (Wildman–Crippen LogP) is 3.26. The highest BCUT2D eigenvalue weighted by Crippen LogP contribution is 2.47. The minimum Gasteiger partial charge on any atom is -0.398 e. The zero-order chi connectivity index (χ0) is 13.5. The van der Waals surface area contributed by atoms with Gasteiger partial charge in [0.2, 0.25) is 0 Å². The van der Waals surface area contributed by atoms with Gasteiger partial charge in [-0.15, -0.1) is 0 Å². The van der Waals surface area contributed by atoms with E-state index in [0.29, 0.717) is 16.9 Å². The van der Waals surface area contributed by atoms with Crippen LogP contribution in [-0.4, -0.2) is 22.5 Å². The number of hydrogen-bond acceptors (Lipinski definition) is 4. The zero-order valence-electron chi connectivity index (χ0n) is 10.7. The molecule has 5 heteroatoms. The molecule has 3 N–H and O–H groups in total. The lowest BCUT2D eigenvalue weighted by Gasteiger charge is -2.16. The third kappa shape index (κ3) is 2.23. The highest BCUT2D eigenvalue weighted by molar-refractivity contribution is 8.00. The predicted molar refractivity (Wildman–Crippen MR) is 80.1 cm³/mol. The first-order valence-electron chi connectivity index (χ1n) is 6.27. The van der Waals surface area contributed by atoms with Crippen molar-refractivity contribution in [1.29, 1.82) is 0 Å². The Hall–Kier alpha value is -1.49. The molecule has 0 radical (unpaired) electrons. The number of nitrogens with two attached hydrogens (primary N) is 1. The largest absolute Gasteiger partial charge is 0.398 e. The van der Waals surface area contributed by atoms with E-state index in [1.807, 2.05) is 23.9 Å². The Kier molecular flexibility index (Phi) is 3.01. The first-order chi connectivity index (χ1) is 9.15. The van der Waals surface area contributed by atoms with E-state index < -0.39 is 0 Å². The number of pyridine rings is 1. The van der Waals surface area contributed by atoms with Crippen LogP contribution in [0.2, 0.25) is 0 Å². The van der Waals surface area contributed by atoms with Gasteiger partial charge in [0.25, 0.3) is 0 Å². The number of halogens is 1. The molecule has 1 fully saturated rings. The number of hydrogen-bond donors (Lipinski definition) is 2. The summed E-state index contributed by atoms with van der Waals surface area (Å²) < 4.78 is 14.4. The molecule has 0 amide bonds. The number of nitrogens with zero attached hydrogens (tertiary/aromatic N) is 1. The Labute approximate surface area is 115 Å². The van der Waals surface area contributed by atoms with Gasteiger partial charge in [0, 0.05) is 28.6 Å². The SMILES string of the molecule is CSC1(CNc2c(F)cc(N)c3cccnc23)CC1. The summed E-state index contributed by atoms with van der Waals surface area (Å²) in [6.45, 7) is 0.765. The number of rotatable bonds is 4. The van der Waals surface area contributed by atoms with Gasteiger partial charge in [-0.05, 0) is 37.3 Å². The second-order valence-electron chi connectivity index (χ2n) is 4.96. The molecule has 3 rings (SSSR count). The average molecular weight is 277 g/mol. The van der Waals surface area contributed by atoms with Crippen LogP contribution in [0, 0.1) is 5.82 Å². The first-order valence-corrected chi connectivity index (χ1v) is 7.49. The molecular weight excluding hydrogens is 261 g/mol. The van der Waals surface area contributed by atoms with E-state index >= 15 is 0 Å². The van der Waals surface area contributed by atoms with Gasteiger partial charge in [-0.1, -0.05) is 0 Å². The lowest BCUT2D eigenvalue weighted by atomic mass is 10.1. The zero-order valence-corrected chi connectivity index (χ0v) is 11.6. The van der Waals surface area contributed by atoms with Crippen LogP contribution in [-0.2, 0) is 0 Å². The van der Waals surface area contributed by atoms with E-state index in [0.717, 1.165) is 11.9 Å². The molecule has 100 valence electrons. The number of nitrogens with one attached hydrogen (secondary N) is 1. The van der Waals surface area contributed by atoms with Gasteiger partial charge in [0.1, 0.15) is 0 Å². The summed E-state index contributed by atoms with van der Waals surface area (Å²) in [5.74, 6) is -0.333. The summed E-state index contributed by atoms with van der Waals surface area (Å²) in [6, 6.07) is 5.04. The summed E-state index contributed by atoms with van der Waals surface area (Å²) >= 11 is 1.84. The van der Waals surface area contributed by atoms with Crippen molar-refractivity contribution in [2.75, 3.05) is 23.9 Å². The molecule has 0 bridgehead atoms. The fourth-order valence-electron chi connectivity index (χ4n) is 2.25. The van der Waals surface area contributed by atoms with Crippen molar-refractivity contribution < 1.29 is 4.39 Å². The maximum absolute atomic E-state index is 14.1. The standard InChI is InChI=1S/C14H16FN3S/c1-19-14(4-5-14)8-18-13-10(15)7-11(16)9-3-2-6-17-12(9)13/h2-3,6-7,18H,4-5,8,16H2,1H3. The van der Waals surface area contributed by atoms with Crippen molar-refractivity contribution in [2.24, 2.45) is 0 Å². The van der Waals surface area contributed by atoms with Crippen molar-refractivity contribution >= 4 is 34.0 Å². The number of benzene rings is 1. The molecule has 0 spiro atoms. The number of nitrogen functional groups attached to an aromatic ring is 1. The summed E-state index contributed by atoms with van der Waals surface area (Å²) in [5.41, 5.74) is 7.33. The van der Waals surface area contributed by atoms with Crippen molar-refractivity contribution in [2.45, 2.75) is 17.6 Å². The fraction of sp³-hybridized carbons (Fsp3) is 0.357. The molecule has 0 saturated heterocycles. The lowest BCUT2D eigenvalue weighted by Crippen LogP contribution is -2.18. The molecule has 1 heterocycles. The van der Waals surface area contributed by atoms with Gasteiger partial charge >= 0.3 is 0 Å². The number of thioether (sulfide) groups is 1. The molecule has 0 unspecified atom stereocenters. The van der Waals surface area contributed by atoms with Crippen molar-refractivity contribution in [1.82, 2.24) is 4.98 Å². The Bertz CT molecular complexity index is 625. The molecule has 2 aromatic rings. The molecule has 0 atom stereocenters. The number of aromatic nitrogens is 1. The second-order valence-corrected chi connectivity index (χ2v) is 6.24. The van der Waals surface area contributed by atoms with Crippen LogP contribution >= 0.6 is 11.8 Å². The summed E-state index contributed by atoms with van der Waals surface area (Å²) in [4.78, 5) is 4.26. The third-order valence-corrected chi connectivity index (χ3v) is 5.12. The van der Waals surface area contributed by atoms with Gasteiger partial charge in [-0.25, -0.2) is 4.39 Å². The minimum atomic E-state index is -0.333. The van der Waals surface area contributed by atoms with Crippen LogP contribution in [0.3, 0.4) is 0 Å². The van der Waals surface area contributed by atoms with Crippen LogP contribution in [0.25, 0.3) is 10.9 Å². The van der Waals surface area contributed by atoms with Crippen LogP contribution in [0.1, 0.15) is 12.8 Å². The highest BCUT2D eigenvalue weighted by atomic mass is 32.2. The van der Waals surface area contributed by atoms with Gasteiger partial charge in [0.15, 0.2) is 5.82 Å². The van der Waals surface area contributed by atoms with Crippen molar-refractivity contribution in [3.63, 3.8) is 0 Å². The van der Waals surface area contributed by atoms with E-state index in [1.54, 1.807) is 6.20 Å². The molecule has 1 aromatic heterocycles. The molecule has 0 aliphatic heterocycles. The third-order valence-electron chi connectivity index (χ3n) is 3.70. The van der Waals surface area contributed by atoms with Gasteiger partial charge in [-0.3, -0.25) is 4.98 Å². The summed E-state index contributed by atoms with van der Waals surface area (Å²) in [6.07, 6.45) is 6.13.